The lowest BCUT2D eigenvalue weighted by Crippen LogP contribution is -2.54. The van der Waals surface area contributed by atoms with Crippen LogP contribution in [0.5, 0.6) is 0 Å². The molecule has 1 amide bonds. The normalized spacial score (nSPS) is 25.2. The molecule has 190 valence electrons. The van der Waals surface area contributed by atoms with E-state index in [0.717, 1.165) is 45.6 Å². The lowest BCUT2D eigenvalue weighted by Gasteiger charge is -2.39. The number of rotatable bonds is 5. The first kappa shape index (κ1) is 24.1. The van der Waals surface area contributed by atoms with Gasteiger partial charge in [-0.25, -0.2) is 13.2 Å². The first-order valence-electron chi connectivity index (χ1n) is 12.2. The maximum Gasteiger partial charge on any atom is 0.344 e. The number of benzene rings is 1. The fraction of sp³-hybridized carbons (Fsp3) is 0.583. The van der Waals surface area contributed by atoms with E-state index in [1.54, 1.807) is 4.90 Å². The zero-order chi connectivity index (χ0) is 24.7. The molecular formula is C24H34N6O4S. The molecule has 2 aromatic rings. The lowest BCUT2D eigenvalue weighted by atomic mass is 10.0. The molecule has 1 aromatic heterocycles. The Hall–Kier alpha value is -2.63. The summed E-state index contributed by atoms with van der Waals surface area (Å²) in [6, 6.07) is 8.18. The summed E-state index contributed by atoms with van der Waals surface area (Å²) in [5.41, 5.74) is 3.92. The highest BCUT2D eigenvalue weighted by Crippen LogP contribution is 2.34. The van der Waals surface area contributed by atoms with Crippen LogP contribution in [-0.2, 0) is 21.3 Å². The smallest absolute Gasteiger partial charge is 0.344 e. The first-order chi connectivity index (χ1) is 16.7. The zero-order valence-corrected chi connectivity index (χ0v) is 21.4. The van der Waals surface area contributed by atoms with Gasteiger partial charge in [-0.2, -0.15) is 4.68 Å². The number of hydrogen-bond acceptors (Lipinski definition) is 7. The van der Waals surface area contributed by atoms with Crippen molar-refractivity contribution in [2.45, 2.75) is 26.4 Å². The van der Waals surface area contributed by atoms with Gasteiger partial charge in [0.2, 0.25) is 10.0 Å². The third-order valence-electron chi connectivity index (χ3n) is 7.35. The molecule has 0 bridgehead atoms. The Morgan fingerprint density at radius 2 is 1.89 bits per heavy atom. The third-order valence-corrected chi connectivity index (χ3v) is 7.93. The van der Waals surface area contributed by atoms with Crippen molar-refractivity contribution in [3.05, 3.63) is 41.6 Å². The molecule has 1 aromatic carbocycles. The van der Waals surface area contributed by atoms with Gasteiger partial charge in [-0.05, 0) is 31.0 Å². The number of sulfonamides is 1. The summed E-state index contributed by atoms with van der Waals surface area (Å²) >= 11 is 0. The summed E-state index contributed by atoms with van der Waals surface area (Å²) in [6.07, 6.45) is 2.54. The largest absolute Gasteiger partial charge is 0.381 e. The van der Waals surface area contributed by atoms with E-state index in [-0.39, 0.29) is 17.9 Å². The Morgan fingerprint density at radius 1 is 1.14 bits per heavy atom. The van der Waals surface area contributed by atoms with Gasteiger partial charge in [0.25, 0.3) is 0 Å². The number of nitrogens with zero attached hydrogens (tertiary/aromatic N) is 5. The number of carbonyl (C=O) groups excluding carboxylic acids is 1. The number of fused-ring (bicyclic) bond motifs is 1. The molecule has 5 rings (SSSR count). The quantitative estimate of drug-likeness (QED) is 0.666. The van der Waals surface area contributed by atoms with Crippen molar-refractivity contribution in [2.75, 3.05) is 61.8 Å². The van der Waals surface area contributed by atoms with Gasteiger partial charge in [-0.1, -0.05) is 12.1 Å². The summed E-state index contributed by atoms with van der Waals surface area (Å²) in [6.45, 7) is 11.0. The number of carbonyl (C=O) groups is 1. The number of nitrogens with one attached hydrogen (secondary N) is 1. The fourth-order valence-corrected chi connectivity index (χ4v) is 5.92. The first-order valence-corrected chi connectivity index (χ1v) is 14.0. The van der Waals surface area contributed by atoms with Crippen molar-refractivity contribution in [1.82, 2.24) is 19.6 Å². The average molecular weight is 503 g/mol. The van der Waals surface area contributed by atoms with E-state index >= 15 is 0 Å². The number of ether oxygens (including phenoxy) is 1. The van der Waals surface area contributed by atoms with Crippen molar-refractivity contribution < 1.29 is 17.9 Å². The molecular weight excluding hydrogens is 468 g/mol. The molecule has 0 saturated carbocycles. The Kier molecular flexibility index (Phi) is 6.49. The Balaban J connectivity index is 1.20. The Labute approximate surface area is 206 Å². The molecule has 3 saturated heterocycles. The van der Waals surface area contributed by atoms with Crippen molar-refractivity contribution in [3.8, 4) is 0 Å². The van der Waals surface area contributed by atoms with Gasteiger partial charge in [-0.3, -0.25) is 9.62 Å². The van der Waals surface area contributed by atoms with E-state index in [1.165, 1.54) is 33.8 Å². The van der Waals surface area contributed by atoms with Crippen molar-refractivity contribution in [1.29, 1.82) is 0 Å². The van der Waals surface area contributed by atoms with Crippen LogP contribution >= 0.6 is 0 Å². The van der Waals surface area contributed by atoms with E-state index in [0.29, 0.717) is 24.9 Å². The van der Waals surface area contributed by atoms with Crippen LogP contribution in [0, 0.1) is 18.8 Å². The van der Waals surface area contributed by atoms with Crippen LogP contribution in [0.15, 0.2) is 30.5 Å². The highest BCUT2D eigenvalue weighted by Gasteiger charge is 2.37. The van der Waals surface area contributed by atoms with E-state index in [2.05, 4.69) is 51.7 Å². The molecule has 0 spiro atoms. The van der Waals surface area contributed by atoms with Gasteiger partial charge in [0.05, 0.1) is 19.5 Å². The molecule has 2 unspecified atom stereocenters. The molecule has 0 radical (unpaired) electrons. The molecule has 35 heavy (non-hydrogen) atoms. The van der Waals surface area contributed by atoms with Gasteiger partial charge in [-0.15, -0.1) is 5.10 Å². The van der Waals surface area contributed by atoms with Crippen molar-refractivity contribution >= 4 is 27.6 Å². The van der Waals surface area contributed by atoms with E-state index in [4.69, 9.17) is 4.74 Å². The predicted molar refractivity (Wildman–Crippen MR) is 134 cm³/mol. The second-order valence-electron chi connectivity index (χ2n) is 10.2. The molecule has 3 fully saturated rings. The highest BCUT2D eigenvalue weighted by atomic mass is 32.2. The summed E-state index contributed by atoms with van der Waals surface area (Å²) in [4.78, 5) is 19.6. The number of anilines is 2. The van der Waals surface area contributed by atoms with Crippen LogP contribution in [0.1, 0.15) is 18.1 Å². The Morgan fingerprint density at radius 3 is 2.57 bits per heavy atom. The van der Waals surface area contributed by atoms with Crippen LogP contribution in [0.3, 0.4) is 0 Å². The molecule has 11 heteroatoms. The second kappa shape index (κ2) is 9.44. The van der Waals surface area contributed by atoms with Gasteiger partial charge >= 0.3 is 6.03 Å². The average Bonchev–Trinajstić information content (AvgIpc) is 3.51. The minimum Gasteiger partial charge on any atom is -0.381 e. The molecule has 3 aliphatic rings. The SMILES string of the molecule is Cc1ccc(CN2CCN(C(=O)n3ccc(NS(C)(=O)=O)n3)C[C@@H]2C)cc1N1CC2COCC2C1. The van der Waals surface area contributed by atoms with Crippen LogP contribution in [0.25, 0.3) is 0 Å². The van der Waals surface area contributed by atoms with Gasteiger partial charge in [0.1, 0.15) is 0 Å². The molecule has 1 N–H and O–H groups in total. The number of piperazine rings is 1. The molecule has 0 aliphatic carbocycles. The summed E-state index contributed by atoms with van der Waals surface area (Å²) in [5, 5.41) is 4.07. The fourth-order valence-electron chi connectivity index (χ4n) is 5.44. The highest BCUT2D eigenvalue weighted by molar-refractivity contribution is 7.92. The number of aryl methyl sites for hydroxylation is 1. The zero-order valence-electron chi connectivity index (χ0n) is 20.6. The maximum atomic E-state index is 12.9. The van der Waals surface area contributed by atoms with E-state index in [1.807, 2.05) is 0 Å². The molecule has 3 aliphatic heterocycles. The lowest BCUT2D eigenvalue weighted by molar-refractivity contribution is 0.0921. The van der Waals surface area contributed by atoms with Crippen LogP contribution in [0.4, 0.5) is 16.3 Å². The van der Waals surface area contributed by atoms with Gasteiger partial charge < -0.3 is 14.5 Å². The van der Waals surface area contributed by atoms with Crippen molar-refractivity contribution in [2.24, 2.45) is 11.8 Å². The minimum absolute atomic E-state index is 0.136. The minimum atomic E-state index is -3.44. The molecule has 3 atom stereocenters. The van der Waals surface area contributed by atoms with Crippen LogP contribution in [-0.4, -0.2) is 92.3 Å². The standard InChI is InChI=1S/C24H34N6O4S/c1-17-4-5-19(10-22(17)29-13-20-15-34-16-21(20)14-29)12-27-8-9-28(11-18(27)2)24(31)30-7-6-23(25-30)26-35(3,32)33/h4-7,10,18,20-21H,8-9,11-16H2,1-3H3,(H,25,26)/t18-,20?,21?/m0/s1. The van der Waals surface area contributed by atoms with E-state index < -0.39 is 10.0 Å². The van der Waals surface area contributed by atoms with Crippen molar-refractivity contribution in [3.63, 3.8) is 0 Å². The third kappa shape index (κ3) is 5.31. The second-order valence-corrected chi connectivity index (χ2v) is 11.9. The van der Waals surface area contributed by atoms with Gasteiger partial charge in [0, 0.05) is 75.1 Å². The summed E-state index contributed by atoms with van der Waals surface area (Å²) in [7, 11) is -3.44. The summed E-state index contributed by atoms with van der Waals surface area (Å²) < 4.78 is 31.9. The monoisotopic (exact) mass is 502 g/mol. The molecule has 4 heterocycles. The predicted octanol–water partition coefficient (Wildman–Crippen LogP) is 1.82. The maximum absolute atomic E-state index is 12.9. The summed E-state index contributed by atoms with van der Waals surface area (Å²) in [5.74, 6) is 1.44. The Bertz CT molecular complexity index is 1190. The number of aromatic nitrogens is 2. The number of hydrogen-bond donors (Lipinski definition) is 1. The van der Waals surface area contributed by atoms with E-state index in [9.17, 15) is 13.2 Å². The number of amides is 1. The van der Waals surface area contributed by atoms with Crippen LogP contribution in [0.2, 0.25) is 0 Å². The van der Waals surface area contributed by atoms with Crippen LogP contribution < -0.4 is 9.62 Å². The topological polar surface area (TPSA) is 100 Å². The van der Waals surface area contributed by atoms with Gasteiger partial charge in [0.15, 0.2) is 5.82 Å². The molecule has 10 nitrogen and oxygen atoms in total.